The van der Waals surface area contributed by atoms with Gasteiger partial charge in [0.1, 0.15) is 11.4 Å². The molecule has 3 heterocycles. The number of methoxy groups -OCH3 is 2. The van der Waals surface area contributed by atoms with Gasteiger partial charge in [-0.25, -0.2) is 9.48 Å². The Morgan fingerprint density at radius 1 is 0.911 bits per heavy atom. The smallest absolute Gasteiger partial charge is 0.324 e. The first-order chi connectivity index (χ1) is 21.5. The second-order valence-corrected chi connectivity index (χ2v) is 12.5. The van der Waals surface area contributed by atoms with Crippen molar-refractivity contribution in [2.45, 2.75) is 52.4 Å². The molecule has 0 bridgehead atoms. The van der Waals surface area contributed by atoms with Crippen LogP contribution in [0.4, 0.5) is 16.3 Å². The summed E-state index contributed by atoms with van der Waals surface area (Å²) in [5.41, 5.74) is 5.08. The number of nitrogens with zero attached hydrogens (tertiary/aromatic N) is 4. The fourth-order valence-corrected chi connectivity index (χ4v) is 5.42. The van der Waals surface area contributed by atoms with Gasteiger partial charge < -0.3 is 19.7 Å². The molecule has 0 unspecified atom stereocenters. The molecule has 3 amide bonds. The first-order valence-electron chi connectivity index (χ1n) is 15.3. The van der Waals surface area contributed by atoms with Crippen LogP contribution in [0.5, 0.6) is 11.8 Å². The number of pyridine rings is 1. The van der Waals surface area contributed by atoms with Crippen molar-refractivity contribution in [2.75, 3.05) is 37.9 Å². The highest BCUT2D eigenvalue weighted by atomic mass is 16.5. The lowest BCUT2D eigenvalue weighted by atomic mass is 9.90. The van der Waals surface area contributed by atoms with E-state index in [9.17, 15) is 9.59 Å². The maximum absolute atomic E-state index is 13.2. The number of benzene rings is 2. The van der Waals surface area contributed by atoms with E-state index in [0.29, 0.717) is 42.0 Å². The van der Waals surface area contributed by atoms with Gasteiger partial charge in [0.15, 0.2) is 0 Å². The lowest BCUT2D eigenvalue weighted by Crippen LogP contribution is -2.39. The molecule has 2 aromatic carbocycles. The maximum atomic E-state index is 13.2. The van der Waals surface area contributed by atoms with Crippen LogP contribution in [0.2, 0.25) is 0 Å². The van der Waals surface area contributed by atoms with Crippen molar-refractivity contribution in [1.29, 1.82) is 0 Å². The largest absolute Gasteiger partial charge is 0.481 e. The molecule has 4 aromatic rings. The Kier molecular flexibility index (Phi) is 9.41. The molecular formula is C35H42N6O4. The summed E-state index contributed by atoms with van der Waals surface area (Å²) >= 11 is 0. The van der Waals surface area contributed by atoms with Gasteiger partial charge in [0.25, 0.3) is 5.91 Å². The number of rotatable bonds is 8. The van der Waals surface area contributed by atoms with Gasteiger partial charge >= 0.3 is 6.03 Å². The summed E-state index contributed by atoms with van der Waals surface area (Å²) in [6.45, 7) is 9.68. The summed E-state index contributed by atoms with van der Waals surface area (Å²) in [6, 6.07) is 21.0. The summed E-state index contributed by atoms with van der Waals surface area (Å²) in [5, 5.41) is 10.7. The SMILES string of the molecule is COc1ccc(C(=O)N2CCC(Cc3ccc(NC(=O)Nc4cc(C(C)(C)C)nn4-c4ccc(C)cc4)cc3)CC2)c(OC)n1. The molecule has 0 aliphatic carbocycles. The second-order valence-electron chi connectivity index (χ2n) is 12.5. The van der Waals surface area contributed by atoms with E-state index < -0.39 is 0 Å². The van der Waals surface area contributed by atoms with Crippen LogP contribution in [0, 0.1) is 12.8 Å². The third-order valence-corrected chi connectivity index (χ3v) is 8.10. The molecule has 2 N–H and O–H groups in total. The lowest BCUT2D eigenvalue weighted by molar-refractivity contribution is 0.0686. The number of aromatic nitrogens is 3. The van der Waals surface area contributed by atoms with Crippen LogP contribution in [-0.2, 0) is 11.8 Å². The quantitative estimate of drug-likeness (QED) is 0.232. The number of nitrogens with one attached hydrogen (secondary N) is 2. The zero-order valence-electron chi connectivity index (χ0n) is 26.9. The molecule has 1 aliphatic rings. The van der Waals surface area contributed by atoms with Crippen LogP contribution in [-0.4, -0.2) is 58.9 Å². The fraction of sp³-hybridized carbons (Fsp3) is 0.371. The third-order valence-electron chi connectivity index (χ3n) is 8.10. The summed E-state index contributed by atoms with van der Waals surface area (Å²) in [7, 11) is 3.03. The van der Waals surface area contributed by atoms with Gasteiger partial charge in [-0.05, 0) is 68.0 Å². The molecule has 0 spiro atoms. The highest BCUT2D eigenvalue weighted by Crippen LogP contribution is 2.28. The van der Waals surface area contributed by atoms with Crippen LogP contribution in [0.3, 0.4) is 0 Å². The standard InChI is InChI=1S/C35H42N6O4/c1-23-7-13-27(14-8-23)41-30(22-29(39-41)35(2,3)4)37-34(43)36-26-11-9-24(10-12-26)21-25-17-19-40(20-18-25)33(42)28-15-16-31(44-5)38-32(28)45-6/h7-16,22,25H,17-21H2,1-6H3,(H2,36,37,43). The van der Waals surface area contributed by atoms with E-state index in [1.807, 2.05) is 54.3 Å². The molecular weight excluding hydrogens is 568 g/mol. The number of anilines is 2. The third kappa shape index (κ3) is 7.63. The number of ether oxygens (including phenoxy) is 2. The number of carbonyl (C=O) groups is 2. The Hall–Kier alpha value is -4.86. The van der Waals surface area contributed by atoms with Gasteiger partial charge in [-0.1, -0.05) is 50.6 Å². The van der Waals surface area contributed by atoms with Crippen LogP contribution < -0.4 is 20.1 Å². The fourth-order valence-electron chi connectivity index (χ4n) is 5.42. The maximum Gasteiger partial charge on any atom is 0.324 e. The molecule has 5 rings (SSSR count). The number of carbonyl (C=O) groups excluding carboxylic acids is 2. The van der Waals surface area contributed by atoms with Crippen LogP contribution in [0.25, 0.3) is 5.69 Å². The minimum atomic E-state index is -0.336. The zero-order valence-corrected chi connectivity index (χ0v) is 26.9. The van der Waals surface area contributed by atoms with E-state index in [1.54, 1.807) is 16.8 Å². The first-order valence-corrected chi connectivity index (χ1v) is 15.3. The van der Waals surface area contributed by atoms with Crippen molar-refractivity contribution in [2.24, 2.45) is 5.92 Å². The van der Waals surface area contributed by atoms with Gasteiger partial charge in [0.2, 0.25) is 11.8 Å². The topological polar surface area (TPSA) is 111 Å². The number of hydrogen-bond donors (Lipinski definition) is 2. The molecule has 1 fully saturated rings. The van der Waals surface area contributed by atoms with E-state index in [1.165, 1.54) is 19.8 Å². The van der Waals surface area contributed by atoms with Gasteiger partial charge in [-0.3, -0.25) is 10.1 Å². The molecule has 45 heavy (non-hydrogen) atoms. The number of urea groups is 1. The number of piperidine rings is 1. The van der Waals surface area contributed by atoms with Gasteiger partial charge in [0, 0.05) is 36.3 Å². The molecule has 1 aliphatic heterocycles. The molecule has 10 heteroatoms. The lowest BCUT2D eigenvalue weighted by Gasteiger charge is -2.32. The van der Waals surface area contributed by atoms with Crippen LogP contribution in [0.15, 0.2) is 66.7 Å². The minimum absolute atomic E-state index is 0.0781. The van der Waals surface area contributed by atoms with Crippen molar-refractivity contribution < 1.29 is 19.1 Å². The normalized spacial score (nSPS) is 13.8. The predicted octanol–water partition coefficient (Wildman–Crippen LogP) is 6.63. The highest BCUT2D eigenvalue weighted by molar-refractivity contribution is 5.99. The molecule has 10 nitrogen and oxygen atoms in total. The van der Waals surface area contributed by atoms with Crippen molar-refractivity contribution in [3.05, 3.63) is 89.1 Å². The Bertz CT molecular complexity index is 1630. The molecule has 1 saturated heterocycles. The van der Waals surface area contributed by atoms with Crippen molar-refractivity contribution in [3.63, 3.8) is 0 Å². The molecule has 0 atom stereocenters. The highest BCUT2D eigenvalue weighted by Gasteiger charge is 2.27. The van der Waals surface area contributed by atoms with Gasteiger partial charge in [-0.15, -0.1) is 0 Å². The molecule has 0 radical (unpaired) electrons. The zero-order chi connectivity index (χ0) is 32.1. The number of hydrogen-bond acceptors (Lipinski definition) is 6. The van der Waals surface area contributed by atoms with Crippen LogP contribution in [0.1, 0.15) is 60.8 Å². The summed E-state index contributed by atoms with van der Waals surface area (Å²) in [5.74, 6) is 1.67. The molecule has 2 aromatic heterocycles. The average Bonchev–Trinajstić information content (AvgIpc) is 3.46. The Morgan fingerprint density at radius 2 is 1.60 bits per heavy atom. The van der Waals surface area contributed by atoms with E-state index in [-0.39, 0.29) is 23.2 Å². The van der Waals surface area contributed by atoms with E-state index in [0.717, 1.165) is 36.2 Å². The second kappa shape index (κ2) is 13.4. The minimum Gasteiger partial charge on any atom is -0.481 e. The molecule has 0 saturated carbocycles. The summed E-state index contributed by atoms with van der Waals surface area (Å²) in [4.78, 5) is 32.3. The Labute approximate surface area is 264 Å². The Balaban J connectivity index is 1.16. The van der Waals surface area contributed by atoms with E-state index in [2.05, 4.69) is 48.5 Å². The predicted molar refractivity (Wildman–Crippen MR) is 176 cm³/mol. The summed E-state index contributed by atoms with van der Waals surface area (Å²) < 4.78 is 12.2. The first kappa shape index (κ1) is 31.6. The number of amides is 3. The number of likely N-dealkylation sites (tertiary alicyclic amines) is 1. The van der Waals surface area contributed by atoms with Gasteiger partial charge in [-0.2, -0.15) is 10.1 Å². The average molecular weight is 611 g/mol. The van der Waals surface area contributed by atoms with E-state index in [4.69, 9.17) is 14.6 Å². The van der Waals surface area contributed by atoms with Crippen LogP contribution >= 0.6 is 0 Å². The Morgan fingerprint density at radius 3 is 2.22 bits per heavy atom. The summed E-state index contributed by atoms with van der Waals surface area (Å²) in [6.07, 6.45) is 2.73. The monoisotopic (exact) mass is 610 g/mol. The molecule has 236 valence electrons. The van der Waals surface area contributed by atoms with Crippen molar-refractivity contribution in [3.8, 4) is 17.4 Å². The van der Waals surface area contributed by atoms with E-state index >= 15 is 0 Å². The van der Waals surface area contributed by atoms with Crippen molar-refractivity contribution in [1.82, 2.24) is 19.7 Å². The number of aryl methyl sites for hydroxylation is 1. The van der Waals surface area contributed by atoms with Crippen molar-refractivity contribution >= 4 is 23.4 Å². The van der Waals surface area contributed by atoms with Gasteiger partial charge in [0.05, 0.1) is 25.6 Å².